The van der Waals surface area contributed by atoms with E-state index in [4.69, 9.17) is 0 Å². The molecule has 0 radical (unpaired) electrons. The third-order valence-electron chi connectivity index (χ3n) is 2.43. The van der Waals surface area contributed by atoms with E-state index < -0.39 is 11.7 Å². The minimum atomic E-state index is -4.31. The number of rotatable bonds is 4. The van der Waals surface area contributed by atoms with Crippen LogP contribution in [-0.2, 0) is 19.3 Å². The Morgan fingerprint density at radius 1 is 1.17 bits per heavy atom. The second-order valence-electron chi connectivity index (χ2n) is 3.74. The lowest BCUT2D eigenvalue weighted by Crippen LogP contribution is -2.17. The molecule has 2 nitrogen and oxygen atoms in total. The fourth-order valence-corrected chi connectivity index (χ4v) is 2.16. The minimum absolute atomic E-state index is 0.174. The van der Waals surface area contributed by atoms with E-state index in [0.29, 0.717) is 6.54 Å². The van der Waals surface area contributed by atoms with Crippen molar-refractivity contribution in [2.24, 2.45) is 0 Å². The quantitative estimate of drug-likeness (QED) is 0.922. The van der Waals surface area contributed by atoms with Gasteiger partial charge in [-0.05, 0) is 11.6 Å². The van der Waals surface area contributed by atoms with E-state index in [-0.39, 0.29) is 12.1 Å². The van der Waals surface area contributed by atoms with Crippen LogP contribution in [0.15, 0.2) is 35.2 Å². The molecule has 2 aromatic rings. The van der Waals surface area contributed by atoms with Crippen molar-refractivity contribution in [1.82, 2.24) is 10.3 Å². The van der Waals surface area contributed by atoms with Crippen LogP contribution in [0.1, 0.15) is 16.8 Å². The Labute approximate surface area is 106 Å². The van der Waals surface area contributed by atoms with Gasteiger partial charge in [-0.2, -0.15) is 13.2 Å². The molecule has 0 fully saturated rings. The monoisotopic (exact) mass is 272 g/mol. The average molecular weight is 272 g/mol. The van der Waals surface area contributed by atoms with Gasteiger partial charge in [0, 0.05) is 18.5 Å². The first-order valence-corrected chi connectivity index (χ1v) is 6.24. The highest BCUT2D eigenvalue weighted by Crippen LogP contribution is 2.31. The molecule has 0 bridgehead atoms. The first-order valence-electron chi connectivity index (χ1n) is 5.30. The van der Waals surface area contributed by atoms with Crippen molar-refractivity contribution in [3.63, 3.8) is 0 Å². The van der Waals surface area contributed by atoms with E-state index in [9.17, 15) is 13.2 Å². The summed E-state index contributed by atoms with van der Waals surface area (Å²) in [4.78, 5) is 4.05. The molecular formula is C12H11F3N2S. The van der Waals surface area contributed by atoms with Gasteiger partial charge >= 0.3 is 6.18 Å². The predicted molar refractivity (Wildman–Crippen MR) is 64.1 cm³/mol. The van der Waals surface area contributed by atoms with E-state index in [1.807, 2.05) is 5.38 Å². The van der Waals surface area contributed by atoms with Crippen molar-refractivity contribution in [3.05, 3.63) is 52.0 Å². The summed E-state index contributed by atoms with van der Waals surface area (Å²) in [6.45, 7) is 0.642. The molecule has 18 heavy (non-hydrogen) atoms. The van der Waals surface area contributed by atoms with E-state index in [1.165, 1.54) is 23.5 Å². The summed E-state index contributed by atoms with van der Waals surface area (Å²) in [5, 5.41) is 4.82. The Hall–Kier alpha value is -1.40. The maximum absolute atomic E-state index is 12.7. The second-order valence-corrected chi connectivity index (χ2v) is 4.46. The third-order valence-corrected chi connectivity index (χ3v) is 3.06. The molecule has 1 aromatic heterocycles. The zero-order valence-corrected chi connectivity index (χ0v) is 10.2. The molecule has 0 aliphatic carbocycles. The minimum Gasteiger partial charge on any atom is -0.307 e. The Morgan fingerprint density at radius 3 is 2.61 bits per heavy atom. The molecule has 0 aliphatic rings. The highest BCUT2D eigenvalue weighted by Gasteiger charge is 2.32. The van der Waals surface area contributed by atoms with Crippen molar-refractivity contribution < 1.29 is 13.2 Å². The summed E-state index contributed by atoms with van der Waals surface area (Å²) in [6.07, 6.45) is -4.31. The van der Waals surface area contributed by atoms with Crippen LogP contribution in [0.5, 0.6) is 0 Å². The molecule has 0 aliphatic heterocycles. The number of hydrogen-bond donors (Lipinski definition) is 1. The number of thiazole rings is 1. The maximum atomic E-state index is 12.7. The van der Waals surface area contributed by atoms with Gasteiger partial charge in [-0.1, -0.05) is 18.2 Å². The summed E-state index contributed by atoms with van der Waals surface area (Å²) in [7, 11) is 0. The molecule has 0 unspecified atom stereocenters. The van der Waals surface area contributed by atoms with Crippen molar-refractivity contribution in [3.8, 4) is 0 Å². The van der Waals surface area contributed by atoms with Gasteiger partial charge in [0.25, 0.3) is 0 Å². The Morgan fingerprint density at radius 2 is 1.94 bits per heavy atom. The molecule has 0 saturated carbocycles. The smallest absolute Gasteiger partial charge is 0.307 e. The lowest BCUT2D eigenvalue weighted by molar-refractivity contribution is -0.138. The molecule has 0 atom stereocenters. The topological polar surface area (TPSA) is 24.9 Å². The zero-order valence-electron chi connectivity index (χ0n) is 9.37. The Balaban J connectivity index is 2.01. The SMILES string of the molecule is FC(F)(F)c1ccccc1CNCc1cscn1. The van der Waals surface area contributed by atoms with E-state index >= 15 is 0 Å². The fraction of sp³-hybridized carbons (Fsp3) is 0.250. The average Bonchev–Trinajstić information content (AvgIpc) is 2.81. The number of halogens is 3. The van der Waals surface area contributed by atoms with Crippen molar-refractivity contribution in [2.75, 3.05) is 0 Å². The van der Waals surface area contributed by atoms with Crippen LogP contribution in [0.2, 0.25) is 0 Å². The molecule has 0 spiro atoms. The van der Waals surface area contributed by atoms with E-state index in [1.54, 1.807) is 11.6 Å². The van der Waals surface area contributed by atoms with Gasteiger partial charge in [0.1, 0.15) is 0 Å². The summed E-state index contributed by atoms with van der Waals surface area (Å²) in [5.41, 5.74) is 2.20. The first kappa shape index (κ1) is 13.0. The molecular weight excluding hydrogens is 261 g/mol. The van der Waals surface area contributed by atoms with Gasteiger partial charge in [0.05, 0.1) is 16.8 Å². The largest absolute Gasteiger partial charge is 0.416 e. The van der Waals surface area contributed by atoms with Crippen molar-refractivity contribution in [2.45, 2.75) is 19.3 Å². The summed E-state index contributed by atoms with van der Waals surface area (Å²) >= 11 is 1.46. The lowest BCUT2D eigenvalue weighted by Gasteiger charge is -2.12. The number of benzene rings is 1. The van der Waals surface area contributed by atoms with Crippen LogP contribution in [0.3, 0.4) is 0 Å². The zero-order chi connectivity index (χ0) is 13.0. The van der Waals surface area contributed by atoms with Crippen LogP contribution in [0.25, 0.3) is 0 Å². The molecule has 1 heterocycles. The van der Waals surface area contributed by atoms with Crippen LogP contribution in [0, 0.1) is 0 Å². The molecule has 2 rings (SSSR count). The number of aromatic nitrogens is 1. The van der Waals surface area contributed by atoms with Gasteiger partial charge in [-0.3, -0.25) is 0 Å². The Bertz CT molecular complexity index is 494. The van der Waals surface area contributed by atoms with Gasteiger partial charge < -0.3 is 5.32 Å². The number of alkyl halides is 3. The van der Waals surface area contributed by atoms with Gasteiger partial charge in [-0.25, -0.2) is 4.98 Å². The van der Waals surface area contributed by atoms with E-state index in [2.05, 4.69) is 10.3 Å². The highest BCUT2D eigenvalue weighted by atomic mass is 32.1. The molecule has 6 heteroatoms. The van der Waals surface area contributed by atoms with Gasteiger partial charge in [-0.15, -0.1) is 11.3 Å². The summed E-state index contributed by atoms with van der Waals surface area (Å²) in [5.74, 6) is 0. The fourth-order valence-electron chi connectivity index (χ4n) is 1.60. The number of hydrogen-bond acceptors (Lipinski definition) is 3. The predicted octanol–water partition coefficient (Wildman–Crippen LogP) is 3.45. The van der Waals surface area contributed by atoms with Crippen LogP contribution in [0.4, 0.5) is 13.2 Å². The van der Waals surface area contributed by atoms with Gasteiger partial charge in [0.15, 0.2) is 0 Å². The van der Waals surface area contributed by atoms with Crippen molar-refractivity contribution in [1.29, 1.82) is 0 Å². The normalized spacial score (nSPS) is 11.7. The van der Waals surface area contributed by atoms with Crippen LogP contribution < -0.4 is 5.32 Å². The molecule has 1 N–H and O–H groups in total. The van der Waals surface area contributed by atoms with E-state index in [0.717, 1.165) is 11.8 Å². The van der Waals surface area contributed by atoms with Gasteiger partial charge in [0.2, 0.25) is 0 Å². The third kappa shape index (κ3) is 3.30. The van der Waals surface area contributed by atoms with Crippen LogP contribution >= 0.6 is 11.3 Å². The molecule has 0 amide bonds. The van der Waals surface area contributed by atoms with Crippen LogP contribution in [-0.4, -0.2) is 4.98 Å². The molecule has 1 aromatic carbocycles. The number of nitrogens with one attached hydrogen (secondary N) is 1. The Kier molecular flexibility index (Phi) is 3.98. The molecule has 0 saturated heterocycles. The molecule has 96 valence electrons. The number of nitrogens with zero attached hydrogens (tertiary/aromatic N) is 1. The lowest BCUT2D eigenvalue weighted by atomic mass is 10.1. The second kappa shape index (κ2) is 5.49. The summed E-state index contributed by atoms with van der Waals surface area (Å²) in [6, 6.07) is 5.58. The summed E-state index contributed by atoms with van der Waals surface area (Å²) < 4.78 is 38.1. The standard InChI is InChI=1S/C12H11F3N2S/c13-12(14,15)11-4-2-1-3-9(11)5-16-6-10-7-18-8-17-10/h1-4,7-8,16H,5-6H2. The maximum Gasteiger partial charge on any atom is 0.416 e. The highest BCUT2D eigenvalue weighted by molar-refractivity contribution is 7.07. The van der Waals surface area contributed by atoms with Crippen molar-refractivity contribution >= 4 is 11.3 Å². The first-order chi connectivity index (χ1) is 8.57.